The van der Waals surface area contributed by atoms with Crippen molar-refractivity contribution in [1.29, 1.82) is 0 Å². The highest BCUT2D eigenvalue weighted by Crippen LogP contribution is 2.16. The van der Waals surface area contributed by atoms with Gasteiger partial charge in [-0.15, -0.1) is 0 Å². The molecule has 0 aliphatic heterocycles. The first-order valence-corrected chi connectivity index (χ1v) is 5.74. The highest BCUT2D eigenvalue weighted by Gasteiger charge is 2.11. The third kappa shape index (κ3) is 3.25. The van der Waals surface area contributed by atoms with Crippen LogP contribution in [0.2, 0.25) is 5.02 Å². The van der Waals surface area contributed by atoms with Crippen LogP contribution in [0, 0.1) is 6.92 Å². The van der Waals surface area contributed by atoms with E-state index >= 15 is 0 Å². The zero-order valence-corrected chi connectivity index (χ0v) is 10.2. The summed E-state index contributed by atoms with van der Waals surface area (Å²) in [5.74, 6) is 0.450. The van der Waals surface area contributed by atoms with E-state index in [1.54, 1.807) is 24.5 Å². The zero-order chi connectivity index (χ0) is 12.3. The van der Waals surface area contributed by atoms with E-state index in [2.05, 4.69) is 9.97 Å². The van der Waals surface area contributed by atoms with E-state index in [-0.39, 0.29) is 0 Å². The summed E-state index contributed by atoms with van der Waals surface area (Å²) in [6.07, 6.45) is 3.21. The van der Waals surface area contributed by atoms with Gasteiger partial charge in [-0.1, -0.05) is 23.7 Å². The maximum atomic E-state index is 9.98. The van der Waals surface area contributed by atoms with E-state index in [4.69, 9.17) is 11.6 Å². The number of aliphatic hydroxyl groups excluding tert-OH is 1. The number of aliphatic hydroxyl groups is 1. The minimum atomic E-state index is -0.684. The van der Waals surface area contributed by atoms with Crippen LogP contribution in [0.5, 0.6) is 0 Å². The number of aryl methyl sites for hydroxylation is 1. The van der Waals surface area contributed by atoms with Crippen molar-refractivity contribution >= 4 is 11.6 Å². The summed E-state index contributed by atoms with van der Waals surface area (Å²) in [7, 11) is 0. The molecule has 0 radical (unpaired) electrons. The van der Waals surface area contributed by atoms with E-state index in [0.717, 1.165) is 11.1 Å². The zero-order valence-electron chi connectivity index (χ0n) is 9.47. The lowest BCUT2D eigenvalue weighted by molar-refractivity contribution is 0.168. The maximum absolute atomic E-state index is 9.98. The Hall–Kier alpha value is -1.45. The Morgan fingerprint density at radius 3 is 2.35 bits per heavy atom. The van der Waals surface area contributed by atoms with E-state index in [0.29, 0.717) is 17.3 Å². The van der Waals surface area contributed by atoms with Crippen LogP contribution < -0.4 is 0 Å². The third-order valence-electron chi connectivity index (χ3n) is 2.44. The molecule has 3 nitrogen and oxygen atoms in total. The minimum Gasteiger partial charge on any atom is -0.385 e. The number of rotatable bonds is 3. The summed E-state index contributed by atoms with van der Waals surface area (Å²) in [6, 6.07) is 7.39. The molecule has 1 heterocycles. The summed E-state index contributed by atoms with van der Waals surface area (Å²) in [5.41, 5.74) is 1.98. The van der Waals surface area contributed by atoms with Crippen LogP contribution in [0.25, 0.3) is 0 Å². The first kappa shape index (κ1) is 12.0. The van der Waals surface area contributed by atoms with Gasteiger partial charge in [0.15, 0.2) is 5.82 Å². The first-order chi connectivity index (χ1) is 8.15. The normalized spacial score (nSPS) is 12.4. The molecule has 0 spiro atoms. The Balaban J connectivity index is 2.08. The average molecular weight is 249 g/mol. The van der Waals surface area contributed by atoms with E-state index < -0.39 is 6.10 Å². The lowest BCUT2D eigenvalue weighted by Crippen LogP contribution is -2.06. The standard InChI is InChI=1S/C13H13ClN2O/c1-9-7-15-13(16-8-9)12(17)6-10-2-4-11(14)5-3-10/h2-5,7-8,12,17H,6H2,1H3. The van der Waals surface area contributed by atoms with Crippen molar-refractivity contribution in [3.05, 3.63) is 58.6 Å². The molecule has 0 aliphatic rings. The molecular formula is C13H13ClN2O. The molecule has 1 unspecified atom stereocenters. The van der Waals surface area contributed by atoms with Crippen LogP contribution in [0.1, 0.15) is 23.1 Å². The highest BCUT2D eigenvalue weighted by molar-refractivity contribution is 6.30. The van der Waals surface area contributed by atoms with Crippen LogP contribution >= 0.6 is 11.6 Å². The second-order valence-corrected chi connectivity index (χ2v) is 4.40. The molecule has 17 heavy (non-hydrogen) atoms. The van der Waals surface area contributed by atoms with Crippen molar-refractivity contribution in [3.8, 4) is 0 Å². The van der Waals surface area contributed by atoms with Gasteiger partial charge < -0.3 is 5.11 Å². The summed E-state index contributed by atoms with van der Waals surface area (Å²) >= 11 is 5.80. The molecule has 0 fully saturated rings. The monoisotopic (exact) mass is 248 g/mol. The summed E-state index contributed by atoms with van der Waals surface area (Å²) in [5, 5.41) is 10.7. The Kier molecular flexibility index (Phi) is 3.71. The van der Waals surface area contributed by atoms with Gasteiger partial charge in [-0.3, -0.25) is 0 Å². The van der Waals surface area contributed by atoms with Crippen molar-refractivity contribution in [3.63, 3.8) is 0 Å². The number of halogens is 1. The van der Waals surface area contributed by atoms with Gasteiger partial charge in [0.25, 0.3) is 0 Å². The maximum Gasteiger partial charge on any atom is 0.157 e. The Morgan fingerprint density at radius 2 is 1.76 bits per heavy atom. The largest absolute Gasteiger partial charge is 0.385 e. The molecule has 88 valence electrons. The lowest BCUT2D eigenvalue weighted by Gasteiger charge is -2.09. The Bertz CT molecular complexity index is 482. The van der Waals surface area contributed by atoms with Crippen molar-refractivity contribution in [2.75, 3.05) is 0 Å². The molecular weight excluding hydrogens is 236 g/mol. The minimum absolute atomic E-state index is 0.450. The van der Waals surface area contributed by atoms with Gasteiger partial charge in [-0.05, 0) is 30.2 Å². The van der Waals surface area contributed by atoms with Crippen LogP contribution in [-0.4, -0.2) is 15.1 Å². The Morgan fingerprint density at radius 1 is 1.18 bits per heavy atom. The summed E-state index contributed by atoms with van der Waals surface area (Å²) < 4.78 is 0. The van der Waals surface area contributed by atoms with Crippen molar-refractivity contribution in [1.82, 2.24) is 9.97 Å². The number of hydrogen-bond acceptors (Lipinski definition) is 3. The predicted octanol–water partition coefficient (Wildman–Crippen LogP) is 2.71. The quantitative estimate of drug-likeness (QED) is 0.909. The van der Waals surface area contributed by atoms with Crippen molar-refractivity contribution in [2.45, 2.75) is 19.4 Å². The van der Waals surface area contributed by atoms with Gasteiger partial charge >= 0.3 is 0 Å². The molecule has 4 heteroatoms. The molecule has 1 atom stereocenters. The fourth-order valence-corrected chi connectivity index (χ4v) is 1.64. The van der Waals surface area contributed by atoms with Crippen LogP contribution in [0.3, 0.4) is 0 Å². The van der Waals surface area contributed by atoms with Gasteiger partial charge in [-0.2, -0.15) is 0 Å². The van der Waals surface area contributed by atoms with Gasteiger partial charge in [0.1, 0.15) is 6.10 Å². The second kappa shape index (κ2) is 5.25. The number of hydrogen-bond donors (Lipinski definition) is 1. The van der Waals surface area contributed by atoms with E-state index in [1.807, 2.05) is 19.1 Å². The van der Waals surface area contributed by atoms with Gasteiger partial charge in [0, 0.05) is 23.8 Å². The highest BCUT2D eigenvalue weighted by atomic mass is 35.5. The number of nitrogens with zero attached hydrogens (tertiary/aromatic N) is 2. The van der Waals surface area contributed by atoms with Crippen LogP contribution in [0.4, 0.5) is 0 Å². The van der Waals surface area contributed by atoms with E-state index in [1.165, 1.54) is 0 Å². The molecule has 0 amide bonds. The van der Waals surface area contributed by atoms with Crippen LogP contribution in [0.15, 0.2) is 36.7 Å². The average Bonchev–Trinajstić information content (AvgIpc) is 2.33. The van der Waals surface area contributed by atoms with E-state index in [9.17, 15) is 5.11 Å². The lowest BCUT2D eigenvalue weighted by atomic mass is 10.1. The molecule has 0 saturated carbocycles. The smallest absolute Gasteiger partial charge is 0.157 e. The topological polar surface area (TPSA) is 46.0 Å². The molecule has 1 aromatic carbocycles. The number of aromatic nitrogens is 2. The molecule has 0 aliphatic carbocycles. The predicted molar refractivity (Wildman–Crippen MR) is 66.9 cm³/mol. The van der Waals surface area contributed by atoms with Crippen LogP contribution in [-0.2, 0) is 6.42 Å². The third-order valence-corrected chi connectivity index (χ3v) is 2.69. The van der Waals surface area contributed by atoms with Gasteiger partial charge in [-0.25, -0.2) is 9.97 Å². The van der Waals surface area contributed by atoms with Crippen molar-refractivity contribution in [2.24, 2.45) is 0 Å². The molecule has 1 N–H and O–H groups in total. The SMILES string of the molecule is Cc1cnc(C(O)Cc2ccc(Cl)cc2)nc1. The molecule has 0 saturated heterocycles. The Labute approximate surface area is 105 Å². The molecule has 1 aromatic heterocycles. The van der Waals surface area contributed by atoms with Gasteiger partial charge in [0.2, 0.25) is 0 Å². The van der Waals surface area contributed by atoms with Crippen molar-refractivity contribution < 1.29 is 5.11 Å². The summed E-state index contributed by atoms with van der Waals surface area (Å²) in [6.45, 7) is 1.91. The molecule has 0 bridgehead atoms. The molecule has 2 rings (SSSR count). The summed E-state index contributed by atoms with van der Waals surface area (Å²) in [4.78, 5) is 8.21. The fourth-order valence-electron chi connectivity index (χ4n) is 1.51. The van der Waals surface area contributed by atoms with Gasteiger partial charge in [0.05, 0.1) is 0 Å². The first-order valence-electron chi connectivity index (χ1n) is 5.36. The second-order valence-electron chi connectivity index (χ2n) is 3.97. The number of benzene rings is 1. The molecule has 2 aromatic rings. The fraction of sp³-hybridized carbons (Fsp3) is 0.231.